The Hall–Kier alpha value is -2.23. The first-order chi connectivity index (χ1) is 14.7. The summed E-state index contributed by atoms with van der Waals surface area (Å²) in [6.07, 6.45) is 2.18. The first-order valence-electron chi connectivity index (χ1n) is 10.6. The lowest BCUT2D eigenvalue weighted by molar-refractivity contribution is -0.145. The Labute approximate surface area is 182 Å². The summed E-state index contributed by atoms with van der Waals surface area (Å²) in [5.41, 5.74) is 1.17. The van der Waals surface area contributed by atoms with E-state index in [9.17, 15) is 4.79 Å². The van der Waals surface area contributed by atoms with Gasteiger partial charge in [-0.15, -0.1) is 5.10 Å². The number of hydrogen-bond donors (Lipinski definition) is 0. The summed E-state index contributed by atoms with van der Waals surface area (Å²) >= 11 is 5.83. The van der Waals surface area contributed by atoms with Gasteiger partial charge in [0.15, 0.2) is 0 Å². The van der Waals surface area contributed by atoms with Crippen LogP contribution in [0, 0.1) is 4.77 Å². The second-order valence-electron chi connectivity index (χ2n) is 7.68. The molecule has 2 heterocycles. The maximum absolute atomic E-state index is 12.1. The van der Waals surface area contributed by atoms with Gasteiger partial charge in [-0.1, -0.05) is 30.3 Å². The second-order valence-corrected chi connectivity index (χ2v) is 8.04. The fraction of sp³-hybridized carbons (Fsp3) is 0.571. The molecule has 8 nitrogen and oxygen atoms in total. The predicted octanol–water partition coefficient (Wildman–Crippen LogP) is 2.28. The van der Waals surface area contributed by atoms with Gasteiger partial charge in [0.1, 0.15) is 0 Å². The summed E-state index contributed by atoms with van der Waals surface area (Å²) in [5.74, 6) is 0.659. The van der Waals surface area contributed by atoms with Crippen LogP contribution >= 0.6 is 12.2 Å². The molecule has 2 fully saturated rings. The van der Waals surface area contributed by atoms with Crippen molar-refractivity contribution in [1.82, 2.24) is 19.2 Å². The zero-order valence-electron chi connectivity index (χ0n) is 17.4. The summed E-state index contributed by atoms with van der Waals surface area (Å²) in [6, 6.07) is 10.7. The van der Waals surface area contributed by atoms with Crippen LogP contribution in [-0.2, 0) is 27.5 Å². The van der Waals surface area contributed by atoms with Crippen LogP contribution in [-0.4, -0.2) is 70.7 Å². The third-order valence-corrected chi connectivity index (χ3v) is 5.83. The monoisotopic (exact) mass is 431 g/mol. The summed E-state index contributed by atoms with van der Waals surface area (Å²) < 4.78 is 15.3. The molecule has 0 spiro atoms. The van der Waals surface area contributed by atoms with E-state index in [2.05, 4.69) is 26.5 Å². The van der Waals surface area contributed by atoms with Gasteiger partial charge in [-0.2, -0.15) is 0 Å². The highest BCUT2D eigenvalue weighted by Gasteiger charge is 2.32. The minimum atomic E-state index is -0.201. The number of benzene rings is 1. The summed E-state index contributed by atoms with van der Waals surface area (Å²) in [6.45, 7) is 6.57. The Balaban J connectivity index is 1.60. The molecule has 162 valence electrons. The van der Waals surface area contributed by atoms with Crippen molar-refractivity contribution in [2.45, 2.75) is 39.0 Å². The molecule has 0 amide bonds. The summed E-state index contributed by atoms with van der Waals surface area (Å²) in [5, 5.41) is 4.88. The minimum absolute atomic E-state index is 0.201. The van der Waals surface area contributed by atoms with Gasteiger partial charge in [-0.3, -0.25) is 14.3 Å². The van der Waals surface area contributed by atoms with Gasteiger partial charge in [0.05, 0.1) is 39.6 Å². The van der Waals surface area contributed by atoms with Gasteiger partial charge in [0.2, 0.25) is 10.7 Å². The number of nitrogens with zero attached hydrogens (tertiary/aromatic N) is 5. The number of carbonyl (C=O) groups is 1. The quantitative estimate of drug-likeness (QED) is 0.446. The number of anilines is 1. The van der Waals surface area contributed by atoms with E-state index in [1.807, 2.05) is 29.8 Å². The van der Waals surface area contributed by atoms with Gasteiger partial charge >= 0.3 is 5.97 Å². The molecule has 1 aromatic heterocycles. The van der Waals surface area contributed by atoms with Crippen LogP contribution in [0.15, 0.2) is 30.3 Å². The van der Waals surface area contributed by atoms with Crippen LogP contribution in [0.4, 0.5) is 5.95 Å². The molecular formula is C21H29N5O3S. The van der Waals surface area contributed by atoms with Crippen LogP contribution in [0.3, 0.4) is 0 Å². The molecule has 0 bridgehead atoms. The second kappa shape index (κ2) is 9.72. The number of ether oxygens (including phenoxy) is 2. The van der Waals surface area contributed by atoms with Crippen molar-refractivity contribution < 1.29 is 14.3 Å². The van der Waals surface area contributed by atoms with Gasteiger partial charge in [0.25, 0.3) is 0 Å². The average molecular weight is 432 g/mol. The Morgan fingerprint density at radius 2 is 2.00 bits per heavy atom. The van der Waals surface area contributed by atoms with Crippen LogP contribution in [0.25, 0.3) is 0 Å². The first-order valence-corrected chi connectivity index (χ1v) is 11.0. The van der Waals surface area contributed by atoms with Crippen molar-refractivity contribution in [3.8, 4) is 0 Å². The van der Waals surface area contributed by atoms with Crippen molar-refractivity contribution in [1.29, 1.82) is 0 Å². The molecule has 0 radical (unpaired) electrons. The number of hydrogen-bond acceptors (Lipinski definition) is 7. The van der Waals surface area contributed by atoms with Crippen LogP contribution < -0.4 is 4.90 Å². The maximum atomic E-state index is 12.1. The number of esters is 1. The third-order valence-electron chi connectivity index (χ3n) is 5.40. The molecule has 9 heteroatoms. The molecule has 2 aliphatic rings. The van der Waals surface area contributed by atoms with E-state index in [4.69, 9.17) is 26.8 Å². The zero-order valence-corrected chi connectivity index (χ0v) is 18.2. The Morgan fingerprint density at radius 3 is 2.67 bits per heavy atom. The molecule has 1 aliphatic carbocycles. The topological polar surface area (TPSA) is 64.8 Å². The molecule has 2 aromatic rings. The molecule has 4 rings (SSSR count). The van der Waals surface area contributed by atoms with Gasteiger partial charge < -0.3 is 14.4 Å². The molecule has 1 saturated heterocycles. The lowest BCUT2D eigenvalue weighted by Gasteiger charge is -2.27. The average Bonchev–Trinajstić information content (AvgIpc) is 3.57. The lowest BCUT2D eigenvalue weighted by Crippen LogP contribution is -2.38. The predicted molar refractivity (Wildman–Crippen MR) is 116 cm³/mol. The molecule has 0 atom stereocenters. The van der Waals surface area contributed by atoms with Crippen molar-refractivity contribution in [3.05, 3.63) is 40.7 Å². The molecular weight excluding hydrogens is 402 g/mol. The third kappa shape index (κ3) is 5.08. The Morgan fingerprint density at radius 1 is 1.27 bits per heavy atom. The summed E-state index contributed by atoms with van der Waals surface area (Å²) in [7, 11) is 0. The van der Waals surface area contributed by atoms with E-state index < -0.39 is 0 Å². The highest BCUT2D eigenvalue weighted by Crippen LogP contribution is 2.27. The van der Waals surface area contributed by atoms with E-state index in [0.717, 1.165) is 31.9 Å². The van der Waals surface area contributed by atoms with Crippen LogP contribution in [0.2, 0.25) is 0 Å². The highest BCUT2D eigenvalue weighted by molar-refractivity contribution is 7.71. The van der Waals surface area contributed by atoms with Crippen molar-refractivity contribution in [3.63, 3.8) is 0 Å². The Kier molecular flexibility index (Phi) is 6.81. The molecule has 0 unspecified atom stereocenters. The van der Waals surface area contributed by atoms with Gasteiger partial charge in [-0.25, -0.2) is 4.68 Å². The van der Waals surface area contributed by atoms with E-state index in [-0.39, 0.29) is 12.5 Å². The van der Waals surface area contributed by atoms with Crippen LogP contribution in [0.5, 0.6) is 0 Å². The molecule has 1 aliphatic heterocycles. The standard InChI is InChI=1S/C21H29N5O3S/c1-2-29-19(27)15-24(18-8-9-18)16-26-21(30)25(14-17-6-4-3-5-7-17)20(22-26)23-10-12-28-13-11-23/h3-7,18H,2,8-16H2,1H3. The smallest absolute Gasteiger partial charge is 0.320 e. The zero-order chi connectivity index (χ0) is 20.9. The number of rotatable bonds is 9. The van der Waals surface area contributed by atoms with E-state index >= 15 is 0 Å². The molecule has 1 saturated carbocycles. The van der Waals surface area contributed by atoms with E-state index in [0.29, 0.717) is 43.8 Å². The number of aromatic nitrogens is 3. The lowest BCUT2D eigenvalue weighted by atomic mass is 10.2. The Bertz CT molecular complexity index is 903. The van der Waals surface area contributed by atoms with E-state index in [1.54, 1.807) is 0 Å². The largest absolute Gasteiger partial charge is 0.465 e. The van der Waals surface area contributed by atoms with Gasteiger partial charge in [-0.05, 0) is 37.5 Å². The fourth-order valence-electron chi connectivity index (χ4n) is 3.70. The summed E-state index contributed by atoms with van der Waals surface area (Å²) in [4.78, 5) is 16.4. The van der Waals surface area contributed by atoms with Crippen molar-refractivity contribution in [2.24, 2.45) is 0 Å². The normalized spacial score (nSPS) is 16.8. The minimum Gasteiger partial charge on any atom is -0.465 e. The SMILES string of the molecule is CCOC(=O)CN(Cn1nc(N2CCOCC2)n(Cc2ccccc2)c1=S)C1CC1. The van der Waals surface area contributed by atoms with Crippen molar-refractivity contribution >= 4 is 24.1 Å². The molecule has 0 N–H and O–H groups in total. The first kappa shape index (κ1) is 21.0. The molecule has 1 aromatic carbocycles. The number of morpholine rings is 1. The number of carbonyl (C=O) groups excluding carboxylic acids is 1. The van der Waals surface area contributed by atoms with Crippen molar-refractivity contribution in [2.75, 3.05) is 44.4 Å². The highest BCUT2D eigenvalue weighted by atomic mass is 32.1. The van der Waals surface area contributed by atoms with E-state index in [1.165, 1.54) is 5.56 Å². The fourth-order valence-corrected chi connectivity index (χ4v) is 3.95. The molecule has 30 heavy (non-hydrogen) atoms. The maximum Gasteiger partial charge on any atom is 0.320 e. The van der Waals surface area contributed by atoms with Crippen LogP contribution in [0.1, 0.15) is 25.3 Å². The van der Waals surface area contributed by atoms with Gasteiger partial charge in [0, 0.05) is 19.1 Å².